The van der Waals surface area contributed by atoms with E-state index in [2.05, 4.69) is 10.3 Å². The first-order valence-electron chi connectivity index (χ1n) is 11.0. The normalized spacial score (nSPS) is 12.8. The van der Waals surface area contributed by atoms with Gasteiger partial charge in [-0.2, -0.15) is 8.78 Å². The van der Waals surface area contributed by atoms with Gasteiger partial charge in [-0.3, -0.25) is 4.79 Å². The molecule has 0 fully saturated rings. The number of aliphatic hydroxyl groups excluding tert-OH is 1. The molecule has 1 aromatic heterocycles. The number of hydrogen-bond donors (Lipinski definition) is 3. The number of pyridine rings is 1. The molecule has 3 aromatic rings. The highest BCUT2D eigenvalue weighted by atomic mass is 19.3. The minimum absolute atomic E-state index is 0.0231. The van der Waals surface area contributed by atoms with Gasteiger partial charge in [-0.05, 0) is 37.1 Å². The average molecular weight is 445 g/mol. The van der Waals surface area contributed by atoms with Crippen molar-refractivity contribution in [2.75, 3.05) is 26.3 Å². The maximum absolute atomic E-state index is 14.0. The van der Waals surface area contributed by atoms with Crippen LogP contribution >= 0.6 is 0 Å². The third kappa shape index (κ3) is 6.95. The lowest BCUT2D eigenvalue weighted by Crippen LogP contribution is -2.23. The van der Waals surface area contributed by atoms with Crippen LogP contribution in [0.3, 0.4) is 0 Å². The van der Waals surface area contributed by atoms with Gasteiger partial charge in [-0.1, -0.05) is 55.3 Å². The molecule has 0 aliphatic rings. The van der Waals surface area contributed by atoms with Crippen LogP contribution in [0.1, 0.15) is 42.9 Å². The van der Waals surface area contributed by atoms with Gasteiger partial charge in [0.15, 0.2) is 0 Å². The molecule has 3 rings (SSSR count). The Morgan fingerprint density at radius 2 is 1.75 bits per heavy atom. The van der Waals surface area contributed by atoms with Crippen molar-refractivity contribution in [3.63, 3.8) is 0 Å². The Labute approximate surface area is 186 Å². The molecular formula is C25H30F2N2O3. The summed E-state index contributed by atoms with van der Waals surface area (Å²) in [6.07, 6.45) is 2.84. The number of aromatic nitrogens is 1. The number of aromatic amines is 1. The number of nitrogens with one attached hydrogen (secondary N) is 2. The van der Waals surface area contributed by atoms with E-state index < -0.39 is 18.6 Å². The molecule has 0 radical (unpaired) electrons. The third-order valence-electron chi connectivity index (χ3n) is 5.37. The number of fused-ring (bicyclic) bond motifs is 1. The van der Waals surface area contributed by atoms with Gasteiger partial charge in [-0.25, -0.2) is 0 Å². The lowest BCUT2D eigenvalue weighted by molar-refractivity contribution is -0.0831. The molecule has 0 bridgehead atoms. The Morgan fingerprint density at radius 1 is 0.969 bits per heavy atom. The molecule has 1 atom stereocenters. The number of benzene rings is 2. The molecule has 0 saturated carbocycles. The van der Waals surface area contributed by atoms with Crippen molar-refractivity contribution in [2.24, 2.45) is 0 Å². The fourth-order valence-electron chi connectivity index (χ4n) is 3.62. The van der Waals surface area contributed by atoms with Crippen molar-refractivity contribution >= 4 is 10.9 Å². The fourth-order valence-corrected chi connectivity index (χ4v) is 3.62. The minimum Gasteiger partial charge on any atom is -0.387 e. The van der Waals surface area contributed by atoms with Crippen molar-refractivity contribution < 1.29 is 18.6 Å². The summed E-state index contributed by atoms with van der Waals surface area (Å²) in [6, 6.07) is 16.4. The largest absolute Gasteiger partial charge is 0.387 e. The van der Waals surface area contributed by atoms with Crippen LogP contribution in [0.5, 0.6) is 0 Å². The molecule has 0 saturated heterocycles. The standard InChI is InChI=1S/C25H30F2N2O3/c26-25(27,19-9-4-3-5-10-19)18-32-16-7-2-1-6-15-28-17-23(30)21-11-8-12-22-20(21)13-14-24(31)29-22/h3-5,8-14,23,28,30H,1-2,6-7,15-18H2,(H,29,31). The van der Waals surface area contributed by atoms with E-state index in [1.807, 2.05) is 18.2 Å². The fraction of sp³-hybridized carbons (Fsp3) is 0.400. The Balaban J connectivity index is 1.26. The van der Waals surface area contributed by atoms with Crippen LogP contribution in [0.15, 0.2) is 65.5 Å². The predicted molar refractivity (Wildman–Crippen MR) is 122 cm³/mol. The number of alkyl halides is 2. The van der Waals surface area contributed by atoms with Crippen molar-refractivity contribution in [1.82, 2.24) is 10.3 Å². The quantitative estimate of drug-likeness (QED) is 0.339. The van der Waals surface area contributed by atoms with E-state index in [4.69, 9.17) is 4.74 Å². The second kappa shape index (κ2) is 11.9. The molecule has 7 heteroatoms. The molecule has 0 aliphatic heterocycles. The number of unbranched alkanes of at least 4 members (excludes halogenated alkanes) is 3. The van der Waals surface area contributed by atoms with E-state index in [9.17, 15) is 18.7 Å². The van der Waals surface area contributed by atoms with Crippen LogP contribution < -0.4 is 10.9 Å². The maximum Gasteiger partial charge on any atom is 0.296 e. The van der Waals surface area contributed by atoms with Gasteiger partial charge in [-0.15, -0.1) is 0 Å². The lowest BCUT2D eigenvalue weighted by Gasteiger charge is -2.16. The summed E-state index contributed by atoms with van der Waals surface area (Å²) >= 11 is 0. The van der Waals surface area contributed by atoms with Crippen molar-refractivity contribution in [3.8, 4) is 0 Å². The number of H-pyrrole nitrogens is 1. The molecule has 172 valence electrons. The zero-order valence-electron chi connectivity index (χ0n) is 18.0. The molecule has 2 aromatic carbocycles. The topological polar surface area (TPSA) is 74.3 Å². The molecular weight excluding hydrogens is 414 g/mol. The molecule has 1 heterocycles. The van der Waals surface area contributed by atoms with E-state index >= 15 is 0 Å². The molecule has 3 N–H and O–H groups in total. The Bertz CT molecular complexity index is 1020. The van der Waals surface area contributed by atoms with E-state index in [0.29, 0.717) is 18.7 Å². The summed E-state index contributed by atoms with van der Waals surface area (Å²) in [7, 11) is 0. The Hall–Kier alpha value is -2.61. The molecule has 0 aliphatic carbocycles. The van der Waals surface area contributed by atoms with Crippen molar-refractivity contribution in [3.05, 3.63) is 82.1 Å². The van der Waals surface area contributed by atoms with E-state index in [-0.39, 0.29) is 11.1 Å². The second-order valence-electron chi connectivity index (χ2n) is 7.89. The number of ether oxygens (including phenoxy) is 1. The van der Waals surface area contributed by atoms with Gasteiger partial charge in [0.1, 0.15) is 6.61 Å². The summed E-state index contributed by atoms with van der Waals surface area (Å²) in [5.74, 6) is -2.97. The number of hydrogen-bond acceptors (Lipinski definition) is 4. The average Bonchev–Trinajstić information content (AvgIpc) is 2.80. The monoisotopic (exact) mass is 444 g/mol. The van der Waals surface area contributed by atoms with Crippen molar-refractivity contribution in [2.45, 2.75) is 37.7 Å². The minimum atomic E-state index is -2.97. The highest BCUT2D eigenvalue weighted by Crippen LogP contribution is 2.28. The molecule has 32 heavy (non-hydrogen) atoms. The van der Waals surface area contributed by atoms with Gasteiger partial charge in [0.05, 0.1) is 6.10 Å². The van der Waals surface area contributed by atoms with Gasteiger partial charge in [0, 0.05) is 35.7 Å². The van der Waals surface area contributed by atoms with Crippen LogP contribution in [0, 0.1) is 0 Å². The maximum atomic E-state index is 14.0. The van der Waals surface area contributed by atoms with Crippen LogP contribution in [0.25, 0.3) is 10.9 Å². The van der Waals surface area contributed by atoms with Crippen LogP contribution in [-0.4, -0.2) is 36.4 Å². The van der Waals surface area contributed by atoms with Crippen molar-refractivity contribution in [1.29, 1.82) is 0 Å². The first-order chi connectivity index (χ1) is 15.5. The summed E-state index contributed by atoms with van der Waals surface area (Å²) < 4.78 is 33.2. The zero-order chi connectivity index (χ0) is 22.8. The summed E-state index contributed by atoms with van der Waals surface area (Å²) in [6.45, 7) is 0.887. The summed E-state index contributed by atoms with van der Waals surface area (Å²) in [4.78, 5) is 14.2. The second-order valence-corrected chi connectivity index (χ2v) is 7.89. The van der Waals surface area contributed by atoms with Crippen LogP contribution in [0.2, 0.25) is 0 Å². The number of halogens is 2. The SMILES string of the molecule is O=c1ccc2c(C(O)CNCCCCCCOCC(F)(F)c3ccccc3)cccc2[nH]1. The Morgan fingerprint density at radius 3 is 2.56 bits per heavy atom. The van der Waals surface area contributed by atoms with E-state index in [1.54, 1.807) is 24.3 Å². The third-order valence-corrected chi connectivity index (χ3v) is 5.37. The number of aliphatic hydroxyl groups is 1. The van der Waals surface area contributed by atoms with Crippen LogP contribution in [-0.2, 0) is 10.7 Å². The zero-order valence-corrected chi connectivity index (χ0v) is 18.0. The smallest absolute Gasteiger partial charge is 0.296 e. The van der Waals surface area contributed by atoms with Gasteiger partial charge < -0.3 is 20.1 Å². The van der Waals surface area contributed by atoms with Gasteiger partial charge in [0.2, 0.25) is 5.56 Å². The predicted octanol–water partition coefficient (Wildman–Crippen LogP) is 4.52. The van der Waals surface area contributed by atoms with E-state index in [1.165, 1.54) is 18.2 Å². The Kier molecular flexibility index (Phi) is 8.90. The first-order valence-corrected chi connectivity index (χ1v) is 11.0. The highest BCUT2D eigenvalue weighted by Gasteiger charge is 2.31. The summed E-state index contributed by atoms with van der Waals surface area (Å²) in [5.41, 5.74) is 1.29. The van der Waals surface area contributed by atoms with Gasteiger partial charge in [0.25, 0.3) is 5.92 Å². The van der Waals surface area contributed by atoms with E-state index in [0.717, 1.165) is 43.2 Å². The highest BCUT2D eigenvalue weighted by molar-refractivity contribution is 5.82. The first kappa shape index (κ1) is 24.0. The van der Waals surface area contributed by atoms with Crippen LogP contribution in [0.4, 0.5) is 8.78 Å². The number of rotatable bonds is 13. The van der Waals surface area contributed by atoms with Gasteiger partial charge >= 0.3 is 0 Å². The lowest BCUT2D eigenvalue weighted by atomic mass is 10.0. The molecule has 1 unspecified atom stereocenters. The molecule has 0 spiro atoms. The molecule has 0 amide bonds. The molecule has 5 nitrogen and oxygen atoms in total. The summed E-state index contributed by atoms with van der Waals surface area (Å²) in [5, 5.41) is 14.6.